The Hall–Kier alpha value is -0.860. The Labute approximate surface area is 115 Å². The van der Waals surface area contributed by atoms with Crippen molar-refractivity contribution < 1.29 is 13.2 Å². The van der Waals surface area contributed by atoms with Crippen LogP contribution in [0, 0.1) is 0 Å². The molecule has 0 fully saturated rings. The van der Waals surface area contributed by atoms with Crippen LogP contribution >= 0.6 is 15.9 Å². The third-order valence-corrected chi connectivity index (χ3v) is 4.20. The standard InChI is InChI=1S/C10H16BrN3O3S/c1-3-14-7-8(11)6-9(14)10(15)13-4-5-18(16,17)12-2/h6-7,12H,3-5H2,1-2H3,(H,13,15). The number of rotatable bonds is 6. The molecule has 0 radical (unpaired) electrons. The normalized spacial score (nSPS) is 11.5. The van der Waals surface area contributed by atoms with Gasteiger partial charge < -0.3 is 9.88 Å². The second kappa shape index (κ2) is 6.35. The molecule has 1 aromatic heterocycles. The molecule has 0 atom stereocenters. The molecule has 1 aromatic rings. The fraction of sp³-hybridized carbons (Fsp3) is 0.500. The van der Waals surface area contributed by atoms with Crippen molar-refractivity contribution >= 4 is 31.9 Å². The predicted octanol–water partition coefficient (Wildman–Crippen LogP) is 0.549. The van der Waals surface area contributed by atoms with Gasteiger partial charge in [0.25, 0.3) is 5.91 Å². The van der Waals surface area contributed by atoms with Crippen molar-refractivity contribution in [1.82, 2.24) is 14.6 Å². The number of halogens is 1. The molecular formula is C10H16BrN3O3S. The van der Waals surface area contributed by atoms with Gasteiger partial charge >= 0.3 is 0 Å². The molecule has 1 amide bonds. The number of hydrogen-bond donors (Lipinski definition) is 2. The molecule has 0 aromatic carbocycles. The minimum atomic E-state index is -3.29. The van der Waals surface area contributed by atoms with Gasteiger partial charge in [0.05, 0.1) is 5.75 Å². The first-order valence-corrected chi connectivity index (χ1v) is 7.89. The van der Waals surface area contributed by atoms with Crippen LogP contribution in [-0.4, -0.2) is 38.2 Å². The molecule has 0 aliphatic rings. The van der Waals surface area contributed by atoms with Gasteiger partial charge in [0.15, 0.2) is 0 Å². The molecule has 8 heteroatoms. The van der Waals surface area contributed by atoms with Crippen molar-refractivity contribution in [3.05, 3.63) is 22.4 Å². The molecule has 1 rings (SSSR count). The molecule has 0 saturated heterocycles. The lowest BCUT2D eigenvalue weighted by Crippen LogP contribution is -2.33. The molecule has 0 bridgehead atoms. The summed E-state index contributed by atoms with van der Waals surface area (Å²) in [6.45, 7) is 2.67. The van der Waals surface area contributed by atoms with E-state index in [1.54, 1.807) is 16.8 Å². The predicted molar refractivity (Wildman–Crippen MR) is 73.0 cm³/mol. The van der Waals surface area contributed by atoms with Crippen molar-refractivity contribution in [1.29, 1.82) is 0 Å². The van der Waals surface area contributed by atoms with Crippen LogP contribution in [0.25, 0.3) is 0 Å². The smallest absolute Gasteiger partial charge is 0.267 e. The summed E-state index contributed by atoms with van der Waals surface area (Å²) in [7, 11) is -1.94. The van der Waals surface area contributed by atoms with Gasteiger partial charge in [0, 0.05) is 23.8 Å². The number of carbonyl (C=O) groups is 1. The largest absolute Gasteiger partial charge is 0.350 e. The van der Waals surface area contributed by atoms with Crippen molar-refractivity contribution in [2.45, 2.75) is 13.5 Å². The third kappa shape index (κ3) is 4.11. The van der Waals surface area contributed by atoms with Gasteiger partial charge in [-0.15, -0.1) is 0 Å². The maximum Gasteiger partial charge on any atom is 0.267 e. The van der Waals surface area contributed by atoms with Crippen LogP contribution in [0.5, 0.6) is 0 Å². The minimum Gasteiger partial charge on any atom is -0.350 e. The summed E-state index contributed by atoms with van der Waals surface area (Å²) < 4.78 is 27.1. The van der Waals surface area contributed by atoms with Crippen LogP contribution in [0.3, 0.4) is 0 Å². The molecular weight excluding hydrogens is 322 g/mol. The zero-order valence-electron chi connectivity index (χ0n) is 10.2. The molecule has 0 spiro atoms. The molecule has 0 unspecified atom stereocenters. The number of aryl methyl sites for hydroxylation is 1. The van der Waals surface area contributed by atoms with Crippen molar-refractivity contribution in [3.8, 4) is 0 Å². The van der Waals surface area contributed by atoms with Gasteiger partial charge in [-0.2, -0.15) is 0 Å². The fourth-order valence-corrected chi connectivity index (χ4v) is 2.46. The van der Waals surface area contributed by atoms with Gasteiger partial charge in [-0.3, -0.25) is 4.79 Å². The maximum absolute atomic E-state index is 11.8. The first-order chi connectivity index (χ1) is 8.39. The highest BCUT2D eigenvalue weighted by Crippen LogP contribution is 2.14. The highest BCUT2D eigenvalue weighted by Gasteiger charge is 2.13. The number of aromatic nitrogens is 1. The lowest BCUT2D eigenvalue weighted by Gasteiger charge is -2.07. The zero-order chi connectivity index (χ0) is 13.8. The Morgan fingerprint density at radius 2 is 2.17 bits per heavy atom. The third-order valence-electron chi connectivity index (χ3n) is 2.40. The molecule has 0 saturated carbocycles. The van der Waals surface area contributed by atoms with Crippen LogP contribution < -0.4 is 10.0 Å². The highest BCUT2D eigenvalue weighted by molar-refractivity contribution is 9.10. The zero-order valence-corrected chi connectivity index (χ0v) is 12.6. The Kier molecular flexibility index (Phi) is 5.36. The summed E-state index contributed by atoms with van der Waals surface area (Å²) in [5.74, 6) is -0.419. The summed E-state index contributed by atoms with van der Waals surface area (Å²) in [4.78, 5) is 11.8. The van der Waals surface area contributed by atoms with E-state index in [1.165, 1.54) is 7.05 Å². The minimum absolute atomic E-state index is 0.0779. The van der Waals surface area contributed by atoms with Crippen LogP contribution in [0.15, 0.2) is 16.7 Å². The van der Waals surface area contributed by atoms with E-state index in [2.05, 4.69) is 26.0 Å². The first kappa shape index (κ1) is 15.2. The average Bonchev–Trinajstić information content (AvgIpc) is 2.70. The Morgan fingerprint density at radius 1 is 1.50 bits per heavy atom. The number of nitrogens with zero attached hydrogens (tertiary/aromatic N) is 1. The SMILES string of the molecule is CCn1cc(Br)cc1C(=O)NCCS(=O)(=O)NC. The summed E-state index contributed by atoms with van der Waals surface area (Å²) in [5, 5.41) is 2.58. The van der Waals surface area contributed by atoms with E-state index in [4.69, 9.17) is 0 Å². The Bertz CT molecular complexity index is 524. The molecule has 2 N–H and O–H groups in total. The lowest BCUT2D eigenvalue weighted by atomic mass is 10.4. The summed E-state index contributed by atoms with van der Waals surface area (Å²) >= 11 is 3.30. The molecule has 6 nitrogen and oxygen atoms in total. The Morgan fingerprint density at radius 3 is 2.72 bits per heavy atom. The molecule has 18 heavy (non-hydrogen) atoms. The summed E-state index contributed by atoms with van der Waals surface area (Å²) in [6.07, 6.45) is 1.80. The van der Waals surface area contributed by atoms with Gasteiger partial charge in [0.1, 0.15) is 5.69 Å². The van der Waals surface area contributed by atoms with Crippen LogP contribution in [-0.2, 0) is 16.6 Å². The number of sulfonamides is 1. The lowest BCUT2D eigenvalue weighted by molar-refractivity contribution is 0.0947. The van der Waals surface area contributed by atoms with Crippen molar-refractivity contribution in [2.75, 3.05) is 19.3 Å². The molecule has 0 aliphatic heterocycles. The number of hydrogen-bond acceptors (Lipinski definition) is 3. The van der Waals surface area contributed by atoms with E-state index < -0.39 is 10.0 Å². The first-order valence-electron chi connectivity index (χ1n) is 5.44. The van der Waals surface area contributed by atoms with E-state index in [-0.39, 0.29) is 18.2 Å². The van der Waals surface area contributed by atoms with Crippen molar-refractivity contribution in [3.63, 3.8) is 0 Å². The monoisotopic (exact) mass is 337 g/mol. The average molecular weight is 338 g/mol. The molecule has 1 heterocycles. The number of carbonyl (C=O) groups excluding carboxylic acids is 1. The van der Waals surface area contributed by atoms with Gasteiger partial charge in [-0.05, 0) is 36.0 Å². The van der Waals surface area contributed by atoms with E-state index in [0.29, 0.717) is 12.2 Å². The van der Waals surface area contributed by atoms with E-state index in [1.807, 2.05) is 6.92 Å². The van der Waals surface area contributed by atoms with Gasteiger partial charge in [-0.25, -0.2) is 13.1 Å². The van der Waals surface area contributed by atoms with Crippen LogP contribution in [0.2, 0.25) is 0 Å². The topological polar surface area (TPSA) is 80.2 Å². The molecule has 0 aliphatic carbocycles. The van der Waals surface area contributed by atoms with Crippen molar-refractivity contribution in [2.24, 2.45) is 0 Å². The second-order valence-electron chi connectivity index (χ2n) is 3.61. The van der Waals surface area contributed by atoms with Gasteiger partial charge in [-0.1, -0.05) is 0 Å². The Balaban J connectivity index is 2.61. The number of nitrogens with one attached hydrogen (secondary N) is 2. The molecule has 102 valence electrons. The van der Waals surface area contributed by atoms with Gasteiger partial charge in [0.2, 0.25) is 10.0 Å². The van der Waals surface area contributed by atoms with Crippen LogP contribution in [0.4, 0.5) is 0 Å². The van der Waals surface area contributed by atoms with E-state index in [0.717, 1.165) is 4.47 Å². The number of amides is 1. The maximum atomic E-state index is 11.8. The van der Waals surface area contributed by atoms with E-state index >= 15 is 0 Å². The summed E-state index contributed by atoms with van der Waals surface area (Å²) in [5.41, 5.74) is 0.506. The van der Waals surface area contributed by atoms with E-state index in [9.17, 15) is 13.2 Å². The fourth-order valence-electron chi connectivity index (χ4n) is 1.42. The quantitative estimate of drug-likeness (QED) is 0.795. The highest BCUT2D eigenvalue weighted by atomic mass is 79.9. The summed E-state index contributed by atoms with van der Waals surface area (Å²) in [6, 6.07) is 1.70. The second-order valence-corrected chi connectivity index (χ2v) is 6.57. The van der Waals surface area contributed by atoms with Crippen LogP contribution in [0.1, 0.15) is 17.4 Å².